The first-order chi connectivity index (χ1) is 10.2. The molecule has 2 aromatic rings. The minimum Gasteiger partial charge on any atom is -0.368 e. The Balaban J connectivity index is 1.56. The van der Waals surface area contributed by atoms with Gasteiger partial charge in [0.05, 0.1) is 0 Å². The Kier molecular flexibility index (Phi) is 4.06. The van der Waals surface area contributed by atoms with Gasteiger partial charge in [0.1, 0.15) is 19.2 Å². The molecule has 0 N–H and O–H groups in total. The molecule has 21 heavy (non-hydrogen) atoms. The maximum atomic E-state index is 12.2. The van der Waals surface area contributed by atoms with Gasteiger partial charge in [-0.05, 0) is 18.2 Å². The molecule has 1 amide bonds. The third kappa shape index (κ3) is 3.33. The molecule has 1 aliphatic heterocycles. The molecule has 0 unspecified atom stereocenters. The number of hydrogen-bond acceptors (Lipinski definition) is 4. The highest BCUT2D eigenvalue weighted by molar-refractivity contribution is 6.30. The van der Waals surface area contributed by atoms with Gasteiger partial charge in [0.25, 0.3) is 0 Å². The van der Waals surface area contributed by atoms with Gasteiger partial charge < -0.3 is 9.80 Å². The van der Waals surface area contributed by atoms with E-state index in [9.17, 15) is 4.79 Å². The molecule has 3 rings (SSSR count). The number of amides is 1. The Morgan fingerprint density at radius 3 is 2.71 bits per heavy atom. The smallest absolute Gasteiger partial charge is 0.244 e. The second kappa shape index (κ2) is 6.13. The van der Waals surface area contributed by atoms with Crippen LogP contribution in [0.3, 0.4) is 0 Å². The number of carbonyl (C=O) groups excluding carboxylic acids is 1. The van der Waals surface area contributed by atoms with Crippen LogP contribution in [0.15, 0.2) is 36.9 Å². The summed E-state index contributed by atoms with van der Waals surface area (Å²) in [6.07, 6.45) is 2.99. The molecule has 7 heteroatoms. The molecule has 0 spiro atoms. The van der Waals surface area contributed by atoms with Crippen LogP contribution >= 0.6 is 11.6 Å². The van der Waals surface area contributed by atoms with E-state index in [2.05, 4.69) is 15.0 Å². The third-order valence-corrected chi connectivity index (χ3v) is 3.80. The van der Waals surface area contributed by atoms with Gasteiger partial charge in [0.15, 0.2) is 0 Å². The SMILES string of the molecule is O=C(Cn1cncn1)N1CCN(c2cccc(Cl)c2)CC1. The topological polar surface area (TPSA) is 54.3 Å². The molecule has 1 fully saturated rings. The summed E-state index contributed by atoms with van der Waals surface area (Å²) in [5, 5.41) is 4.69. The van der Waals surface area contributed by atoms with Crippen LogP contribution in [0.5, 0.6) is 0 Å². The molecular weight excluding hydrogens is 290 g/mol. The highest BCUT2D eigenvalue weighted by Crippen LogP contribution is 2.20. The summed E-state index contributed by atoms with van der Waals surface area (Å²) in [5.74, 6) is 0.0752. The van der Waals surface area contributed by atoms with Crippen molar-refractivity contribution in [2.75, 3.05) is 31.1 Å². The van der Waals surface area contributed by atoms with Gasteiger partial charge in [-0.3, -0.25) is 4.79 Å². The number of benzene rings is 1. The van der Waals surface area contributed by atoms with Crippen molar-refractivity contribution in [3.8, 4) is 0 Å². The fourth-order valence-electron chi connectivity index (χ4n) is 2.44. The van der Waals surface area contributed by atoms with Crippen molar-refractivity contribution in [3.63, 3.8) is 0 Å². The number of hydrogen-bond donors (Lipinski definition) is 0. The normalized spacial score (nSPS) is 15.3. The lowest BCUT2D eigenvalue weighted by molar-refractivity contribution is -0.132. The number of nitrogens with zero attached hydrogens (tertiary/aromatic N) is 5. The Morgan fingerprint density at radius 2 is 2.05 bits per heavy atom. The van der Waals surface area contributed by atoms with Crippen LogP contribution in [-0.4, -0.2) is 51.8 Å². The van der Waals surface area contributed by atoms with Crippen molar-refractivity contribution < 1.29 is 4.79 Å². The molecule has 1 saturated heterocycles. The van der Waals surface area contributed by atoms with Crippen molar-refractivity contribution in [2.45, 2.75) is 6.54 Å². The first-order valence-corrected chi connectivity index (χ1v) is 7.21. The van der Waals surface area contributed by atoms with Crippen molar-refractivity contribution in [3.05, 3.63) is 41.9 Å². The average Bonchev–Trinajstić information content (AvgIpc) is 3.00. The second-order valence-electron chi connectivity index (χ2n) is 4.94. The lowest BCUT2D eigenvalue weighted by Gasteiger charge is -2.36. The fraction of sp³-hybridized carbons (Fsp3) is 0.357. The molecule has 110 valence electrons. The predicted molar refractivity (Wildman–Crippen MR) is 80.3 cm³/mol. The van der Waals surface area contributed by atoms with E-state index in [1.54, 1.807) is 11.0 Å². The van der Waals surface area contributed by atoms with Crippen molar-refractivity contribution in [2.24, 2.45) is 0 Å². The summed E-state index contributed by atoms with van der Waals surface area (Å²) < 4.78 is 1.55. The van der Waals surface area contributed by atoms with E-state index in [-0.39, 0.29) is 12.5 Å². The van der Waals surface area contributed by atoms with Gasteiger partial charge in [0, 0.05) is 36.9 Å². The van der Waals surface area contributed by atoms with Gasteiger partial charge in [-0.25, -0.2) is 9.67 Å². The number of halogens is 1. The van der Waals surface area contributed by atoms with Gasteiger partial charge in [-0.2, -0.15) is 5.10 Å². The summed E-state index contributed by atoms with van der Waals surface area (Å²) in [6, 6.07) is 7.80. The third-order valence-electron chi connectivity index (χ3n) is 3.57. The first kappa shape index (κ1) is 13.9. The van der Waals surface area contributed by atoms with E-state index in [1.807, 2.05) is 29.2 Å². The van der Waals surface area contributed by atoms with E-state index in [1.165, 1.54) is 6.33 Å². The van der Waals surface area contributed by atoms with Crippen LogP contribution < -0.4 is 4.90 Å². The minimum absolute atomic E-state index is 0.0752. The standard InChI is InChI=1S/C14H16ClN5O/c15-12-2-1-3-13(8-12)18-4-6-19(7-5-18)14(21)9-20-11-16-10-17-20/h1-3,8,10-11H,4-7,9H2. The Morgan fingerprint density at radius 1 is 1.24 bits per heavy atom. The largest absolute Gasteiger partial charge is 0.368 e. The van der Waals surface area contributed by atoms with Crippen LogP contribution in [0.1, 0.15) is 0 Å². The zero-order valence-electron chi connectivity index (χ0n) is 11.5. The highest BCUT2D eigenvalue weighted by atomic mass is 35.5. The highest BCUT2D eigenvalue weighted by Gasteiger charge is 2.21. The van der Waals surface area contributed by atoms with E-state index in [0.717, 1.165) is 23.8 Å². The molecule has 1 aromatic heterocycles. The minimum atomic E-state index is 0.0752. The Bertz CT molecular complexity index is 608. The van der Waals surface area contributed by atoms with Crippen LogP contribution in [0.4, 0.5) is 5.69 Å². The van der Waals surface area contributed by atoms with Gasteiger partial charge in [-0.15, -0.1) is 0 Å². The predicted octanol–water partition coefficient (Wildman–Crippen LogP) is 1.28. The quantitative estimate of drug-likeness (QED) is 0.857. The average molecular weight is 306 g/mol. The van der Waals surface area contributed by atoms with Crippen LogP contribution in [0, 0.1) is 0 Å². The van der Waals surface area contributed by atoms with Crippen molar-refractivity contribution in [1.29, 1.82) is 0 Å². The number of aromatic nitrogens is 3. The second-order valence-corrected chi connectivity index (χ2v) is 5.38. The monoisotopic (exact) mass is 305 g/mol. The molecule has 6 nitrogen and oxygen atoms in total. The lowest BCUT2D eigenvalue weighted by Crippen LogP contribution is -2.49. The maximum Gasteiger partial charge on any atom is 0.244 e. The molecule has 0 radical (unpaired) electrons. The zero-order valence-corrected chi connectivity index (χ0v) is 12.3. The van der Waals surface area contributed by atoms with Gasteiger partial charge >= 0.3 is 0 Å². The summed E-state index contributed by atoms with van der Waals surface area (Å²) in [6.45, 7) is 3.28. The summed E-state index contributed by atoms with van der Waals surface area (Å²) in [5.41, 5.74) is 1.10. The van der Waals surface area contributed by atoms with Crippen LogP contribution in [0.25, 0.3) is 0 Å². The van der Waals surface area contributed by atoms with E-state index >= 15 is 0 Å². The molecule has 0 atom stereocenters. The first-order valence-electron chi connectivity index (χ1n) is 6.83. The number of anilines is 1. The molecular formula is C14H16ClN5O. The summed E-state index contributed by atoms with van der Waals surface area (Å²) in [7, 11) is 0. The molecule has 1 aliphatic rings. The number of rotatable bonds is 3. The maximum absolute atomic E-state index is 12.2. The molecule has 1 aromatic carbocycles. The molecule has 0 bridgehead atoms. The molecule has 0 aliphatic carbocycles. The van der Waals surface area contributed by atoms with Crippen LogP contribution in [-0.2, 0) is 11.3 Å². The number of carbonyl (C=O) groups is 1. The van der Waals surface area contributed by atoms with E-state index in [0.29, 0.717) is 13.1 Å². The van der Waals surface area contributed by atoms with E-state index < -0.39 is 0 Å². The van der Waals surface area contributed by atoms with Crippen LogP contribution in [0.2, 0.25) is 5.02 Å². The summed E-state index contributed by atoms with van der Waals surface area (Å²) >= 11 is 6.02. The van der Waals surface area contributed by atoms with Gasteiger partial charge in [0.2, 0.25) is 5.91 Å². The fourth-order valence-corrected chi connectivity index (χ4v) is 2.62. The Labute approximate surface area is 127 Å². The van der Waals surface area contributed by atoms with Crippen molar-refractivity contribution >= 4 is 23.2 Å². The number of piperazine rings is 1. The zero-order chi connectivity index (χ0) is 14.7. The Hall–Kier alpha value is -2.08. The molecule has 2 heterocycles. The van der Waals surface area contributed by atoms with Crippen molar-refractivity contribution in [1.82, 2.24) is 19.7 Å². The van der Waals surface area contributed by atoms with E-state index in [4.69, 9.17) is 11.6 Å². The lowest BCUT2D eigenvalue weighted by atomic mass is 10.2. The van der Waals surface area contributed by atoms with Gasteiger partial charge in [-0.1, -0.05) is 17.7 Å². The summed E-state index contributed by atoms with van der Waals surface area (Å²) in [4.78, 5) is 20.1. The molecule has 0 saturated carbocycles.